The maximum absolute atomic E-state index is 12.1. The molecular formula is C46H80N4O26S2. The minimum atomic E-state index is -4.41. The molecule has 0 spiro atoms. The van der Waals surface area contributed by atoms with Crippen molar-refractivity contribution in [1.29, 1.82) is 0 Å². The van der Waals surface area contributed by atoms with E-state index in [1.54, 1.807) is 6.92 Å². The number of aliphatic hydroxyl groups is 3. The smallest absolute Gasteiger partial charge is 0.407 e. The largest absolute Gasteiger partial charge is 0.726 e. The first-order valence-electron chi connectivity index (χ1n) is 23.2. The summed E-state index contributed by atoms with van der Waals surface area (Å²) in [6.07, 6.45) is 1.32. The molecule has 32 heteroatoms. The van der Waals surface area contributed by atoms with Crippen molar-refractivity contribution in [2.24, 2.45) is 4.99 Å². The third kappa shape index (κ3) is 57.7. The zero-order valence-corrected chi connectivity index (χ0v) is 47.4. The minimum Gasteiger partial charge on any atom is -0.726 e. The number of nitrogens with one attached hydrogen (secondary N) is 1. The summed E-state index contributed by atoms with van der Waals surface area (Å²) in [6, 6.07) is 0. The fourth-order valence-corrected chi connectivity index (χ4v) is 4.49. The SMILES string of the molecule is C=C(C)C(=O)OCCCC(=O)OCC[N+](C)(CCOC(=O)CCCOC(=O)C(=C)C)CCOC(=O)NCCOC(=O)C(=C)C.C=C(C)C(=O)OCCN=C=O.COS(=O)(=O)[O-].COS(=O)(=O)[O-].C[N+](CCO)(CCO)CCO. The zero-order valence-electron chi connectivity index (χ0n) is 45.8. The predicted octanol–water partition coefficient (Wildman–Crippen LogP) is -0.799. The van der Waals surface area contributed by atoms with Gasteiger partial charge < -0.3 is 71.9 Å². The van der Waals surface area contributed by atoms with E-state index < -0.39 is 62.7 Å². The predicted molar refractivity (Wildman–Crippen MR) is 272 cm³/mol. The number of carbonyl (C=O) groups excluding carboxylic acids is 8. The van der Waals surface area contributed by atoms with Gasteiger partial charge in [0.1, 0.15) is 72.3 Å². The summed E-state index contributed by atoms with van der Waals surface area (Å²) >= 11 is 0. The fraction of sp³-hybridized carbons (Fsp3) is 0.652. The number of esters is 6. The van der Waals surface area contributed by atoms with Crippen molar-refractivity contribution < 1.29 is 130 Å². The van der Waals surface area contributed by atoms with Crippen molar-refractivity contribution in [1.82, 2.24) is 5.32 Å². The van der Waals surface area contributed by atoms with Crippen molar-refractivity contribution in [3.8, 4) is 0 Å². The van der Waals surface area contributed by atoms with Gasteiger partial charge in [-0.3, -0.25) is 18.0 Å². The number of amides is 1. The van der Waals surface area contributed by atoms with Gasteiger partial charge in [-0.15, -0.1) is 0 Å². The van der Waals surface area contributed by atoms with E-state index in [1.165, 1.54) is 26.9 Å². The van der Waals surface area contributed by atoms with Gasteiger partial charge in [0.2, 0.25) is 26.9 Å². The monoisotopic (exact) mass is 1170 g/mol. The van der Waals surface area contributed by atoms with Crippen molar-refractivity contribution in [2.45, 2.75) is 53.4 Å². The lowest BCUT2D eigenvalue weighted by Gasteiger charge is -2.33. The number of isocyanates is 1. The molecule has 0 heterocycles. The van der Waals surface area contributed by atoms with Gasteiger partial charge >= 0.3 is 41.9 Å². The third-order valence-corrected chi connectivity index (χ3v) is 9.81. The van der Waals surface area contributed by atoms with Crippen LogP contribution >= 0.6 is 0 Å². The first kappa shape index (κ1) is 80.8. The highest BCUT2D eigenvalue weighted by atomic mass is 32.3. The topological polar surface area (TPSA) is 419 Å². The number of aliphatic hydroxyl groups excluding tert-OH is 3. The van der Waals surface area contributed by atoms with Crippen LogP contribution in [0.3, 0.4) is 0 Å². The first-order chi connectivity index (χ1) is 36.1. The number of quaternary nitrogens is 2. The molecule has 0 aliphatic carbocycles. The zero-order chi connectivity index (χ0) is 61.4. The molecule has 0 atom stereocenters. The summed E-state index contributed by atoms with van der Waals surface area (Å²) < 4.78 is 98.0. The Bertz CT molecular complexity index is 1950. The summed E-state index contributed by atoms with van der Waals surface area (Å²) in [5.74, 6) is -3.02. The van der Waals surface area contributed by atoms with Crippen LogP contribution in [0.15, 0.2) is 53.6 Å². The fourth-order valence-electron chi connectivity index (χ4n) is 4.49. The van der Waals surface area contributed by atoms with Crippen LogP contribution in [0.1, 0.15) is 53.4 Å². The standard InChI is InChI=1S/C30H46N2O12.C7H18NO3.C7H9NO3.2CH4O4S/c1-22(2)27(35)41-16-8-10-25(33)39-19-13-32(7,14-20-40-26(34)11-9-17-42-28(36)23(3)4)15-21-44-30(38)31-12-18-43-29(37)24(5)6;1-8(2-5-9,3-6-10)4-7-11;1-6(2)7(10)11-4-3-8-5-9;2*1-5-6(2,3)4/h1,3,5,8-21H2,2,4,6-7H3;9-11H,2-7H2,1H3;1,3-4H2,2H3;2*1H3,(H,2,3,4)/q;+1;;;/p-1. The van der Waals surface area contributed by atoms with E-state index in [9.17, 15) is 64.3 Å². The maximum atomic E-state index is 12.1. The molecule has 0 rings (SSSR count). The number of ether oxygens (including phenoxy) is 7. The molecular weight excluding hydrogens is 1090 g/mol. The van der Waals surface area contributed by atoms with Crippen LogP contribution in [0.25, 0.3) is 0 Å². The molecule has 78 heavy (non-hydrogen) atoms. The lowest BCUT2D eigenvalue weighted by Crippen LogP contribution is -2.51. The number of carbonyl (C=O) groups is 7. The van der Waals surface area contributed by atoms with Crippen LogP contribution in [0, 0.1) is 0 Å². The highest BCUT2D eigenvalue weighted by Crippen LogP contribution is 2.06. The van der Waals surface area contributed by atoms with Gasteiger partial charge in [0.25, 0.3) is 0 Å². The Balaban J connectivity index is -0.000000414. The molecule has 0 radical (unpaired) electrons. The summed E-state index contributed by atoms with van der Waals surface area (Å²) in [4.78, 5) is 93.8. The Morgan fingerprint density at radius 2 is 0.808 bits per heavy atom. The molecule has 0 saturated heterocycles. The Hall–Kier alpha value is -6.03. The van der Waals surface area contributed by atoms with Gasteiger partial charge in [0.15, 0.2) is 0 Å². The van der Waals surface area contributed by atoms with Crippen LogP contribution < -0.4 is 5.32 Å². The Morgan fingerprint density at radius 3 is 1.10 bits per heavy atom. The van der Waals surface area contributed by atoms with Crippen molar-refractivity contribution in [2.75, 3.05) is 147 Å². The summed E-state index contributed by atoms with van der Waals surface area (Å²) in [7, 11) is -3.48. The molecule has 4 N–H and O–H groups in total. The van der Waals surface area contributed by atoms with Gasteiger partial charge in [-0.05, 0) is 40.5 Å². The molecule has 0 aromatic rings. The molecule has 0 unspecified atom stereocenters. The normalized spacial score (nSPS) is 10.6. The summed E-state index contributed by atoms with van der Waals surface area (Å²) in [6.45, 7) is 23.4. The molecule has 0 fully saturated rings. The van der Waals surface area contributed by atoms with Crippen LogP contribution in [0.4, 0.5) is 4.79 Å². The van der Waals surface area contributed by atoms with E-state index in [0.29, 0.717) is 62.2 Å². The second kappa shape index (κ2) is 48.1. The van der Waals surface area contributed by atoms with E-state index >= 15 is 0 Å². The summed E-state index contributed by atoms with van der Waals surface area (Å²) in [5.41, 5.74) is 1.11. The number of hydrogen-bond donors (Lipinski definition) is 4. The first-order valence-corrected chi connectivity index (χ1v) is 25.9. The van der Waals surface area contributed by atoms with Crippen molar-refractivity contribution in [3.05, 3.63) is 48.6 Å². The number of rotatable bonds is 35. The van der Waals surface area contributed by atoms with Gasteiger partial charge in [-0.25, -0.2) is 50.6 Å². The number of alkyl carbamates (subject to hydrolysis) is 1. The highest BCUT2D eigenvalue weighted by Gasteiger charge is 2.24. The van der Waals surface area contributed by atoms with Crippen LogP contribution in [0.5, 0.6) is 0 Å². The number of aliphatic imine (C=N–C) groups is 1. The van der Waals surface area contributed by atoms with Crippen molar-refractivity contribution >= 4 is 68.8 Å². The van der Waals surface area contributed by atoms with E-state index in [2.05, 4.69) is 49.7 Å². The minimum absolute atomic E-state index is 0.00203. The number of nitrogens with zero attached hydrogens (tertiary/aromatic N) is 3. The van der Waals surface area contributed by atoms with Gasteiger partial charge in [-0.1, -0.05) is 26.3 Å². The number of hydrogen-bond acceptors (Lipinski definition) is 27. The second-order valence-corrected chi connectivity index (χ2v) is 18.5. The quantitative estimate of drug-likeness (QED) is 0.00694. The van der Waals surface area contributed by atoms with E-state index in [4.69, 9.17) is 43.7 Å². The molecule has 0 aromatic carbocycles. The molecule has 0 saturated carbocycles. The second-order valence-electron chi connectivity index (χ2n) is 16.3. The molecule has 0 aliphatic rings. The van der Waals surface area contributed by atoms with Crippen LogP contribution in [-0.2, 0) is 95.9 Å². The highest BCUT2D eigenvalue weighted by molar-refractivity contribution is 7.81. The van der Waals surface area contributed by atoms with Crippen LogP contribution in [-0.4, -0.2) is 245 Å². The summed E-state index contributed by atoms with van der Waals surface area (Å²) in [5, 5.41) is 28.5. The van der Waals surface area contributed by atoms with Crippen LogP contribution in [0.2, 0.25) is 0 Å². The van der Waals surface area contributed by atoms with E-state index in [-0.39, 0.29) is 113 Å². The third-order valence-electron chi connectivity index (χ3n) is 9.00. The Morgan fingerprint density at radius 1 is 0.513 bits per heavy atom. The van der Waals surface area contributed by atoms with Crippen molar-refractivity contribution in [3.63, 3.8) is 0 Å². The molecule has 0 bridgehead atoms. The molecule has 30 nitrogen and oxygen atoms in total. The molecule has 0 aliphatic heterocycles. The molecule has 1 amide bonds. The lowest BCUT2D eigenvalue weighted by atomic mass is 10.3. The van der Waals surface area contributed by atoms with Gasteiger partial charge in [-0.2, -0.15) is 0 Å². The van der Waals surface area contributed by atoms with E-state index in [1.807, 2.05) is 14.1 Å². The lowest BCUT2D eigenvalue weighted by molar-refractivity contribution is -0.910. The number of likely N-dealkylation sites (N-methyl/N-ethyl adjacent to an activating group) is 2. The van der Waals surface area contributed by atoms with Gasteiger partial charge in [0, 0.05) is 35.1 Å². The Kier molecular flexibility index (Phi) is 49.9. The average Bonchev–Trinajstić information content (AvgIpc) is 3.34. The Labute approximate surface area is 456 Å². The average molecular weight is 1170 g/mol. The maximum Gasteiger partial charge on any atom is 0.407 e. The van der Waals surface area contributed by atoms with E-state index in [0.717, 1.165) is 14.2 Å². The molecule has 452 valence electrons. The molecule has 0 aromatic heterocycles. The van der Waals surface area contributed by atoms with Gasteiger partial charge in [0.05, 0.1) is 74.4 Å².